The number of rotatable bonds is 5. The summed E-state index contributed by atoms with van der Waals surface area (Å²) in [7, 11) is 0. The summed E-state index contributed by atoms with van der Waals surface area (Å²) in [6, 6.07) is 16.3. The van der Waals surface area contributed by atoms with Gasteiger partial charge < -0.3 is 4.74 Å². The largest absolute Gasteiger partial charge is 0.494 e. The van der Waals surface area contributed by atoms with Gasteiger partial charge in [0.1, 0.15) is 5.75 Å². The molecule has 0 aliphatic carbocycles. The molecule has 0 N–H and O–H groups in total. The van der Waals surface area contributed by atoms with E-state index in [-0.39, 0.29) is 0 Å². The Hall–Kier alpha value is -2.09. The molecule has 0 amide bonds. The molecule has 0 fully saturated rings. The van der Waals surface area contributed by atoms with Crippen LogP contribution in [0, 0.1) is 0 Å². The smallest absolute Gasteiger partial charge is 0.119 e. The number of nitrogens with zero attached hydrogens (tertiary/aromatic N) is 1. The van der Waals surface area contributed by atoms with Crippen molar-refractivity contribution >= 4 is 11.9 Å². The lowest BCUT2D eigenvalue weighted by Gasteiger charge is -2.04. The maximum absolute atomic E-state index is 5.41. The molecule has 104 valence electrons. The summed E-state index contributed by atoms with van der Waals surface area (Å²) in [6.45, 7) is 7.06. The highest BCUT2D eigenvalue weighted by atomic mass is 16.5. The van der Waals surface area contributed by atoms with E-state index in [0.29, 0.717) is 12.5 Å². The van der Waals surface area contributed by atoms with Crippen molar-refractivity contribution in [1.29, 1.82) is 0 Å². The summed E-state index contributed by atoms with van der Waals surface area (Å²) >= 11 is 0. The SMILES string of the molecule is CCOc1ccc(N=Cc2ccc(C(C)C)cc2)cc1. The highest BCUT2D eigenvalue weighted by Crippen LogP contribution is 2.18. The Labute approximate surface area is 121 Å². The summed E-state index contributed by atoms with van der Waals surface area (Å²) in [6.07, 6.45) is 1.89. The van der Waals surface area contributed by atoms with Gasteiger partial charge in [-0.1, -0.05) is 38.1 Å². The zero-order valence-electron chi connectivity index (χ0n) is 12.3. The average molecular weight is 267 g/mol. The first kappa shape index (κ1) is 14.3. The minimum absolute atomic E-state index is 0.562. The van der Waals surface area contributed by atoms with Crippen LogP contribution in [0.5, 0.6) is 5.75 Å². The Bertz CT molecular complexity index is 553. The Kier molecular flexibility index (Phi) is 4.94. The van der Waals surface area contributed by atoms with Crippen LogP contribution >= 0.6 is 0 Å². The molecule has 0 atom stereocenters. The van der Waals surface area contributed by atoms with E-state index in [0.717, 1.165) is 17.0 Å². The van der Waals surface area contributed by atoms with Gasteiger partial charge >= 0.3 is 0 Å². The van der Waals surface area contributed by atoms with Gasteiger partial charge in [0.2, 0.25) is 0 Å². The second kappa shape index (κ2) is 6.90. The summed E-state index contributed by atoms with van der Waals surface area (Å²) in [5.74, 6) is 1.44. The maximum atomic E-state index is 5.41. The molecule has 0 spiro atoms. The Morgan fingerprint density at radius 1 is 1.00 bits per heavy atom. The molecule has 2 rings (SSSR count). The first-order chi connectivity index (χ1) is 9.69. The molecule has 0 heterocycles. The molecule has 0 aromatic heterocycles. The third-order valence-electron chi connectivity index (χ3n) is 3.11. The number of aliphatic imine (C=N–C) groups is 1. The Morgan fingerprint density at radius 2 is 1.65 bits per heavy atom. The van der Waals surface area contributed by atoms with Gasteiger partial charge in [0.15, 0.2) is 0 Å². The number of hydrogen-bond acceptors (Lipinski definition) is 2. The van der Waals surface area contributed by atoms with Gasteiger partial charge in [0.05, 0.1) is 12.3 Å². The van der Waals surface area contributed by atoms with E-state index >= 15 is 0 Å². The Morgan fingerprint density at radius 3 is 2.20 bits per heavy atom. The van der Waals surface area contributed by atoms with Gasteiger partial charge in [-0.3, -0.25) is 4.99 Å². The molecule has 2 aromatic carbocycles. The molecule has 20 heavy (non-hydrogen) atoms. The topological polar surface area (TPSA) is 21.6 Å². The normalized spacial score (nSPS) is 11.2. The highest BCUT2D eigenvalue weighted by Gasteiger charge is 1.97. The van der Waals surface area contributed by atoms with Crippen LogP contribution in [0.2, 0.25) is 0 Å². The van der Waals surface area contributed by atoms with Gasteiger partial charge in [0.25, 0.3) is 0 Å². The third kappa shape index (κ3) is 3.95. The second-order valence-electron chi connectivity index (χ2n) is 5.01. The van der Waals surface area contributed by atoms with Crippen LogP contribution in [0.15, 0.2) is 53.5 Å². The predicted octanol–water partition coefficient (Wildman–Crippen LogP) is 4.96. The van der Waals surface area contributed by atoms with E-state index < -0.39 is 0 Å². The van der Waals surface area contributed by atoms with Crippen LogP contribution in [0.1, 0.15) is 37.8 Å². The molecule has 0 bridgehead atoms. The molecule has 2 nitrogen and oxygen atoms in total. The van der Waals surface area contributed by atoms with E-state index in [2.05, 4.69) is 43.1 Å². The zero-order valence-corrected chi connectivity index (χ0v) is 12.3. The van der Waals surface area contributed by atoms with Gasteiger partial charge in [-0.25, -0.2) is 0 Å². The van der Waals surface area contributed by atoms with E-state index in [4.69, 9.17) is 4.74 Å². The van der Waals surface area contributed by atoms with Crippen molar-refractivity contribution in [2.45, 2.75) is 26.7 Å². The fourth-order valence-electron chi connectivity index (χ4n) is 1.91. The molecule has 0 aliphatic rings. The number of ether oxygens (including phenoxy) is 1. The summed E-state index contributed by atoms with van der Waals surface area (Å²) < 4.78 is 5.41. The molecular weight excluding hydrogens is 246 g/mol. The summed E-state index contributed by atoms with van der Waals surface area (Å²) in [5.41, 5.74) is 3.40. The average Bonchev–Trinajstić information content (AvgIpc) is 2.47. The minimum Gasteiger partial charge on any atom is -0.494 e. The lowest BCUT2D eigenvalue weighted by molar-refractivity contribution is 0.340. The monoisotopic (exact) mass is 267 g/mol. The summed E-state index contributed by atoms with van der Waals surface area (Å²) in [4.78, 5) is 4.47. The van der Waals surface area contributed by atoms with Crippen LogP contribution in [0.25, 0.3) is 0 Å². The van der Waals surface area contributed by atoms with Crippen LogP contribution in [0.4, 0.5) is 5.69 Å². The van der Waals surface area contributed by atoms with Crippen molar-refractivity contribution in [1.82, 2.24) is 0 Å². The van der Waals surface area contributed by atoms with Crippen molar-refractivity contribution in [3.8, 4) is 5.75 Å². The van der Waals surface area contributed by atoms with E-state index in [1.807, 2.05) is 37.4 Å². The quantitative estimate of drug-likeness (QED) is 0.702. The molecule has 0 saturated heterocycles. The molecule has 2 aromatic rings. The van der Waals surface area contributed by atoms with Crippen LogP contribution in [0.3, 0.4) is 0 Å². The summed E-state index contributed by atoms with van der Waals surface area (Å²) in [5, 5.41) is 0. The lowest BCUT2D eigenvalue weighted by atomic mass is 10.0. The van der Waals surface area contributed by atoms with Crippen LogP contribution in [-0.4, -0.2) is 12.8 Å². The van der Waals surface area contributed by atoms with E-state index in [1.54, 1.807) is 0 Å². The van der Waals surface area contributed by atoms with E-state index in [9.17, 15) is 0 Å². The predicted molar refractivity (Wildman–Crippen MR) is 85.4 cm³/mol. The van der Waals surface area contributed by atoms with Gasteiger partial charge in [-0.2, -0.15) is 0 Å². The fourth-order valence-corrected chi connectivity index (χ4v) is 1.91. The first-order valence-corrected chi connectivity index (χ1v) is 7.06. The van der Waals surface area contributed by atoms with Crippen LogP contribution in [-0.2, 0) is 0 Å². The van der Waals surface area contributed by atoms with Crippen molar-refractivity contribution in [3.05, 3.63) is 59.7 Å². The van der Waals surface area contributed by atoms with Crippen molar-refractivity contribution in [2.75, 3.05) is 6.61 Å². The highest BCUT2D eigenvalue weighted by molar-refractivity contribution is 5.82. The van der Waals surface area contributed by atoms with Gasteiger partial charge in [-0.05, 0) is 48.2 Å². The third-order valence-corrected chi connectivity index (χ3v) is 3.11. The lowest BCUT2D eigenvalue weighted by Crippen LogP contribution is -1.90. The fraction of sp³-hybridized carbons (Fsp3) is 0.278. The molecule has 0 aliphatic heterocycles. The standard InChI is InChI=1S/C18H21NO/c1-4-20-18-11-9-17(10-12-18)19-13-15-5-7-16(8-6-15)14(2)3/h5-14H,4H2,1-3H3. The molecule has 2 heteroatoms. The van der Waals surface area contributed by atoms with Gasteiger partial charge in [0, 0.05) is 6.21 Å². The zero-order chi connectivity index (χ0) is 14.4. The van der Waals surface area contributed by atoms with E-state index in [1.165, 1.54) is 5.56 Å². The number of benzene rings is 2. The van der Waals surface area contributed by atoms with Crippen molar-refractivity contribution in [2.24, 2.45) is 4.99 Å². The number of hydrogen-bond donors (Lipinski definition) is 0. The van der Waals surface area contributed by atoms with Crippen LogP contribution < -0.4 is 4.74 Å². The molecule has 0 saturated carbocycles. The van der Waals surface area contributed by atoms with Gasteiger partial charge in [-0.15, -0.1) is 0 Å². The maximum Gasteiger partial charge on any atom is 0.119 e. The molecule has 0 unspecified atom stereocenters. The first-order valence-electron chi connectivity index (χ1n) is 7.06. The second-order valence-corrected chi connectivity index (χ2v) is 5.01. The molecule has 0 radical (unpaired) electrons. The van der Waals surface area contributed by atoms with Crippen molar-refractivity contribution < 1.29 is 4.74 Å². The minimum atomic E-state index is 0.562. The Balaban J connectivity index is 2.04. The molecular formula is C18H21NO. The van der Waals surface area contributed by atoms with Crippen molar-refractivity contribution in [3.63, 3.8) is 0 Å².